The molecule has 0 radical (unpaired) electrons. The topological polar surface area (TPSA) is 12.0 Å². The van der Waals surface area contributed by atoms with Crippen molar-refractivity contribution in [3.05, 3.63) is 65.5 Å². The molecule has 0 bridgehead atoms. The lowest BCUT2D eigenvalue weighted by molar-refractivity contribution is 0.569. The molecule has 0 aromatic heterocycles. The number of nitrogens with one attached hydrogen (secondary N) is 1. The lowest BCUT2D eigenvalue weighted by Crippen LogP contribution is -2.30. The molecule has 0 fully saturated rings. The van der Waals surface area contributed by atoms with Crippen molar-refractivity contribution >= 4 is 11.8 Å². The largest absolute Gasteiger partial charge is 0.316 e. The number of hydrogen-bond donors (Lipinski definition) is 1. The summed E-state index contributed by atoms with van der Waals surface area (Å²) < 4.78 is 39.4. The van der Waals surface area contributed by atoms with Crippen LogP contribution in [0.4, 0.5) is 13.2 Å². The van der Waals surface area contributed by atoms with Gasteiger partial charge in [-0.3, -0.25) is 0 Å². The van der Waals surface area contributed by atoms with Crippen LogP contribution in [0.3, 0.4) is 0 Å². The SMILES string of the molecule is CNC(CSc1cccc(F)c1)Cc1cc(F)cc(F)c1. The first-order valence-electron chi connectivity index (χ1n) is 6.57. The van der Waals surface area contributed by atoms with Gasteiger partial charge in [-0.1, -0.05) is 6.07 Å². The van der Waals surface area contributed by atoms with E-state index < -0.39 is 11.6 Å². The van der Waals surface area contributed by atoms with Crippen LogP contribution >= 0.6 is 11.8 Å². The molecule has 0 saturated heterocycles. The van der Waals surface area contributed by atoms with Crippen molar-refractivity contribution < 1.29 is 13.2 Å². The zero-order valence-corrected chi connectivity index (χ0v) is 12.4. The minimum atomic E-state index is -0.572. The van der Waals surface area contributed by atoms with E-state index in [-0.39, 0.29) is 11.9 Å². The van der Waals surface area contributed by atoms with Gasteiger partial charge in [0.2, 0.25) is 0 Å². The highest BCUT2D eigenvalue weighted by Crippen LogP contribution is 2.21. The van der Waals surface area contributed by atoms with E-state index in [2.05, 4.69) is 5.32 Å². The van der Waals surface area contributed by atoms with Crippen LogP contribution in [-0.2, 0) is 6.42 Å². The lowest BCUT2D eigenvalue weighted by atomic mass is 10.1. The summed E-state index contributed by atoms with van der Waals surface area (Å²) in [6.07, 6.45) is 0.507. The van der Waals surface area contributed by atoms with Gasteiger partial charge >= 0.3 is 0 Å². The fraction of sp³-hybridized carbons (Fsp3) is 0.250. The van der Waals surface area contributed by atoms with Crippen molar-refractivity contribution in [2.45, 2.75) is 17.4 Å². The first kappa shape index (κ1) is 15.9. The van der Waals surface area contributed by atoms with Gasteiger partial charge in [0.1, 0.15) is 17.5 Å². The fourth-order valence-electron chi connectivity index (χ4n) is 2.01. The van der Waals surface area contributed by atoms with E-state index in [1.54, 1.807) is 13.1 Å². The standard InChI is InChI=1S/C16H16F3NS/c1-20-15(7-11-5-13(18)8-14(19)6-11)10-21-16-4-2-3-12(17)9-16/h2-6,8-9,15,20H,7,10H2,1H3. The Hall–Kier alpha value is -1.46. The van der Waals surface area contributed by atoms with Crippen LogP contribution in [-0.4, -0.2) is 18.8 Å². The molecule has 0 aliphatic heterocycles. The maximum absolute atomic E-state index is 13.2. The van der Waals surface area contributed by atoms with Gasteiger partial charge in [-0.05, 0) is 49.4 Å². The number of likely N-dealkylation sites (N-methyl/N-ethyl adjacent to an activating group) is 1. The third kappa shape index (κ3) is 5.10. The van der Waals surface area contributed by atoms with Crippen LogP contribution in [0.15, 0.2) is 47.4 Å². The predicted octanol–water partition coefficient (Wildman–Crippen LogP) is 4.03. The van der Waals surface area contributed by atoms with Crippen LogP contribution in [0.5, 0.6) is 0 Å². The molecule has 2 aromatic rings. The average molecular weight is 311 g/mol. The molecule has 0 saturated carbocycles. The summed E-state index contributed by atoms with van der Waals surface area (Å²) in [6.45, 7) is 0. The second kappa shape index (κ2) is 7.52. The molecule has 0 aliphatic rings. The summed E-state index contributed by atoms with van der Waals surface area (Å²) in [5, 5.41) is 3.11. The highest BCUT2D eigenvalue weighted by Gasteiger charge is 2.10. The van der Waals surface area contributed by atoms with Crippen molar-refractivity contribution in [2.24, 2.45) is 0 Å². The van der Waals surface area contributed by atoms with E-state index in [1.807, 2.05) is 6.07 Å². The Labute approximate surface area is 126 Å². The Balaban J connectivity index is 1.96. The van der Waals surface area contributed by atoms with Crippen molar-refractivity contribution in [1.29, 1.82) is 0 Å². The quantitative estimate of drug-likeness (QED) is 0.809. The van der Waals surface area contributed by atoms with Gasteiger partial charge in [-0.25, -0.2) is 13.2 Å². The molecular formula is C16H16F3NS. The van der Waals surface area contributed by atoms with E-state index in [4.69, 9.17) is 0 Å². The summed E-state index contributed by atoms with van der Waals surface area (Å²) in [6, 6.07) is 9.93. The highest BCUT2D eigenvalue weighted by molar-refractivity contribution is 7.99. The Morgan fingerprint density at radius 2 is 1.71 bits per heavy atom. The van der Waals surface area contributed by atoms with Gasteiger partial charge in [0.25, 0.3) is 0 Å². The van der Waals surface area contributed by atoms with E-state index >= 15 is 0 Å². The monoisotopic (exact) mass is 311 g/mol. The fourth-order valence-corrected chi connectivity index (χ4v) is 3.06. The molecular weight excluding hydrogens is 295 g/mol. The summed E-state index contributed by atoms with van der Waals surface area (Å²) in [5.41, 5.74) is 0.603. The predicted molar refractivity (Wildman–Crippen MR) is 80.0 cm³/mol. The summed E-state index contributed by atoms with van der Waals surface area (Å²) in [7, 11) is 1.80. The maximum atomic E-state index is 13.2. The number of halogens is 3. The highest BCUT2D eigenvalue weighted by atomic mass is 32.2. The number of rotatable bonds is 6. The van der Waals surface area contributed by atoms with Crippen molar-refractivity contribution in [3.8, 4) is 0 Å². The van der Waals surface area contributed by atoms with Gasteiger partial charge in [0, 0.05) is 22.8 Å². The molecule has 0 spiro atoms. The van der Waals surface area contributed by atoms with E-state index in [9.17, 15) is 13.2 Å². The zero-order chi connectivity index (χ0) is 15.2. The normalized spacial score (nSPS) is 12.4. The van der Waals surface area contributed by atoms with Crippen LogP contribution in [0.1, 0.15) is 5.56 Å². The van der Waals surface area contributed by atoms with Gasteiger partial charge in [-0.2, -0.15) is 0 Å². The molecule has 0 heterocycles. The second-order valence-electron chi connectivity index (χ2n) is 4.74. The number of benzene rings is 2. The molecule has 21 heavy (non-hydrogen) atoms. The Kier molecular flexibility index (Phi) is 5.70. The molecule has 0 aliphatic carbocycles. The van der Waals surface area contributed by atoms with E-state index in [0.717, 1.165) is 11.0 Å². The van der Waals surface area contributed by atoms with E-state index in [1.165, 1.54) is 36.0 Å². The smallest absolute Gasteiger partial charge is 0.126 e. The molecule has 112 valence electrons. The van der Waals surface area contributed by atoms with Gasteiger partial charge < -0.3 is 5.32 Å². The first-order valence-corrected chi connectivity index (χ1v) is 7.56. The number of hydrogen-bond acceptors (Lipinski definition) is 2. The Bertz CT molecular complexity index is 584. The number of thioether (sulfide) groups is 1. The van der Waals surface area contributed by atoms with Crippen molar-refractivity contribution in [1.82, 2.24) is 5.32 Å². The van der Waals surface area contributed by atoms with Gasteiger partial charge in [0.15, 0.2) is 0 Å². The summed E-state index contributed by atoms with van der Waals surface area (Å²) >= 11 is 1.50. The Morgan fingerprint density at radius 1 is 1.00 bits per heavy atom. The molecule has 1 N–H and O–H groups in total. The van der Waals surface area contributed by atoms with Gasteiger partial charge in [0.05, 0.1) is 0 Å². The lowest BCUT2D eigenvalue weighted by Gasteiger charge is -2.16. The third-order valence-electron chi connectivity index (χ3n) is 3.06. The molecule has 2 rings (SSSR count). The molecule has 5 heteroatoms. The Morgan fingerprint density at radius 3 is 2.33 bits per heavy atom. The minimum Gasteiger partial charge on any atom is -0.316 e. The summed E-state index contributed by atoms with van der Waals surface area (Å²) in [5.74, 6) is -0.735. The average Bonchev–Trinajstić information content (AvgIpc) is 2.42. The van der Waals surface area contributed by atoms with Crippen molar-refractivity contribution in [3.63, 3.8) is 0 Å². The minimum absolute atomic E-state index is 0.0412. The van der Waals surface area contributed by atoms with E-state index in [0.29, 0.717) is 17.7 Å². The van der Waals surface area contributed by atoms with Crippen LogP contribution < -0.4 is 5.32 Å². The third-order valence-corrected chi connectivity index (χ3v) is 4.22. The van der Waals surface area contributed by atoms with Crippen molar-refractivity contribution in [2.75, 3.05) is 12.8 Å². The first-order chi connectivity index (χ1) is 10.1. The zero-order valence-electron chi connectivity index (χ0n) is 11.6. The van der Waals surface area contributed by atoms with Gasteiger partial charge in [-0.15, -0.1) is 11.8 Å². The van der Waals surface area contributed by atoms with Crippen LogP contribution in [0, 0.1) is 17.5 Å². The molecule has 2 aromatic carbocycles. The molecule has 1 atom stereocenters. The molecule has 1 nitrogen and oxygen atoms in total. The van der Waals surface area contributed by atoms with Crippen LogP contribution in [0.2, 0.25) is 0 Å². The second-order valence-corrected chi connectivity index (χ2v) is 5.83. The molecule has 1 unspecified atom stereocenters. The summed E-state index contributed by atoms with van der Waals surface area (Å²) in [4.78, 5) is 0.834. The molecule has 0 amide bonds. The van der Waals surface area contributed by atoms with Crippen LogP contribution in [0.25, 0.3) is 0 Å². The maximum Gasteiger partial charge on any atom is 0.126 e.